The van der Waals surface area contributed by atoms with Crippen molar-refractivity contribution in [3.05, 3.63) is 60.0 Å². The Kier molecular flexibility index (Phi) is 5.24. The summed E-state index contributed by atoms with van der Waals surface area (Å²) in [6.45, 7) is 0.364. The SMILES string of the molecule is COc1ccc(C(=O)NCC2Cc3cc(-c4cnccn4)ccc3O2)c(OC)n1. The third kappa shape index (κ3) is 3.96. The Balaban J connectivity index is 1.40. The lowest BCUT2D eigenvalue weighted by molar-refractivity contribution is 0.0929. The molecule has 8 heteroatoms. The van der Waals surface area contributed by atoms with Crippen LogP contribution in [-0.4, -0.2) is 47.7 Å². The summed E-state index contributed by atoms with van der Waals surface area (Å²) < 4.78 is 16.2. The van der Waals surface area contributed by atoms with Crippen molar-refractivity contribution in [1.82, 2.24) is 20.3 Å². The highest BCUT2D eigenvalue weighted by Gasteiger charge is 2.25. The van der Waals surface area contributed by atoms with E-state index in [4.69, 9.17) is 14.2 Å². The van der Waals surface area contributed by atoms with Crippen LogP contribution in [0.1, 0.15) is 15.9 Å². The lowest BCUT2D eigenvalue weighted by Gasteiger charge is -2.13. The number of pyridine rings is 1. The van der Waals surface area contributed by atoms with Gasteiger partial charge in [-0.15, -0.1) is 0 Å². The fourth-order valence-electron chi connectivity index (χ4n) is 3.21. The van der Waals surface area contributed by atoms with Gasteiger partial charge in [-0.2, -0.15) is 4.98 Å². The van der Waals surface area contributed by atoms with Crippen LogP contribution in [-0.2, 0) is 6.42 Å². The van der Waals surface area contributed by atoms with Gasteiger partial charge in [0.15, 0.2) is 0 Å². The monoisotopic (exact) mass is 392 g/mol. The Hall–Kier alpha value is -3.68. The minimum Gasteiger partial charge on any atom is -0.488 e. The molecule has 1 amide bonds. The van der Waals surface area contributed by atoms with E-state index in [1.54, 1.807) is 30.7 Å². The molecule has 4 rings (SSSR count). The van der Waals surface area contributed by atoms with Gasteiger partial charge >= 0.3 is 0 Å². The van der Waals surface area contributed by atoms with Gasteiger partial charge < -0.3 is 19.5 Å². The smallest absolute Gasteiger partial charge is 0.256 e. The van der Waals surface area contributed by atoms with Crippen molar-refractivity contribution in [1.29, 1.82) is 0 Å². The van der Waals surface area contributed by atoms with E-state index in [0.717, 1.165) is 22.6 Å². The van der Waals surface area contributed by atoms with Gasteiger partial charge in [-0.3, -0.25) is 14.8 Å². The number of nitrogens with one attached hydrogen (secondary N) is 1. The Morgan fingerprint density at radius 2 is 2.10 bits per heavy atom. The van der Waals surface area contributed by atoms with E-state index in [-0.39, 0.29) is 17.9 Å². The van der Waals surface area contributed by atoms with Gasteiger partial charge in [-0.1, -0.05) is 0 Å². The number of rotatable bonds is 6. The summed E-state index contributed by atoms with van der Waals surface area (Å²) in [5.41, 5.74) is 3.22. The molecule has 29 heavy (non-hydrogen) atoms. The summed E-state index contributed by atoms with van der Waals surface area (Å²) in [6, 6.07) is 9.18. The van der Waals surface area contributed by atoms with Crippen LogP contribution < -0.4 is 19.5 Å². The van der Waals surface area contributed by atoms with Crippen LogP contribution >= 0.6 is 0 Å². The molecule has 1 atom stereocenters. The highest BCUT2D eigenvalue weighted by atomic mass is 16.5. The topological polar surface area (TPSA) is 95.5 Å². The lowest BCUT2D eigenvalue weighted by Crippen LogP contribution is -2.34. The largest absolute Gasteiger partial charge is 0.488 e. The summed E-state index contributed by atoms with van der Waals surface area (Å²) in [6.07, 6.45) is 5.59. The van der Waals surface area contributed by atoms with Crippen molar-refractivity contribution in [2.75, 3.05) is 20.8 Å². The van der Waals surface area contributed by atoms with Gasteiger partial charge in [-0.25, -0.2) is 0 Å². The molecule has 0 spiro atoms. The predicted molar refractivity (Wildman–Crippen MR) is 105 cm³/mol. The van der Waals surface area contributed by atoms with Gasteiger partial charge in [0, 0.05) is 30.4 Å². The maximum absolute atomic E-state index is 12.6. The van der Waals surface area contributed by atoms with E-state index in [1.165, 1.54) is 14.2 Å². The van der Waals surface area contributed by atoms with Crippen molar-refractivity contribution >= 4 is 5.91 Å². The van der Waals surface area contributed by atoms with Crippen LogP contribution in [0.2, 0.25) is 0 Å². The second-order valence-electron chi connectivity index (χ2n) is 6.48. The summed E-state index contributed by atoms with van der Waals surface area (Å²) in [4.78, 5) is 25.1. The predicted octanol–water partition coefficient (Wildman–Crippen LogP) is 2.29. The van der Waals surface area contributed by atoms with E-state index >= 15 is 0 Å². The molecule has 0 aliphatic carbocycles. The Bertz CT molecular complexity index is 1030. The normalized spacial score (nSPS) is 14.6. The van der Waals surface area contributed by atoms with E-state index in [2.05, 4.69) is 26.3 Å². The molecule has 3 aromatic rings. The van der Waals surface area contributed by atoms with Crippen LogP contribution in [0.4, 0.5) is 0 Å². The average molecular weight is 392 g/mol. The maximum atomic E-state index is 12.6. The van der Waals surface area contributed by atoms with Crippen molar-refractivity contribution in [3.63, 3.8) is 0 Å². The third-order valence-corrected chi connectivity index (χ3v) is 4.63. The van der Waals surface area contributed by atoms with Crippen LogP contribution in [0.25, 0.3) is 11.3 Å². The van der Waals surface area contributed by atoms with Crippen molar-refractivity contribution in [2.24, 2.45) is 0 Å². The summed E-state index contributed by atoms with van der Waals surface area (Å²) in [5, 5.41) is 2.89. The van der Waals surface area contributed by atoms with Crippen molar-refractivity contribution in [3.8, 4) is 28.8 Å². The lowest BCUT2D eigenvalue weighted by atomic mass is 10.0. The van der Waals surface area contributed by atoms with E-state index in [1.807, 2.05) is 12.1 Å². The van der Waals surface area contributed by atoms with Crippen LogP contribution in [0, 0.1) is 0 Å². The fraction of sp³-hybridized carbons (Fsp3) is 0.238. The molecule has 1 N–H and O–H groups in total. The molecule has 1 aromatic carbocycles. The number of nitrogens with zero attached hydrogens (tertiary/aromatic N) is 3. The quantitative estimate of drug-likeness (QED) is 0.688. The highest BCUT2D eigenvalue weighted by molar-refractivity contribution is 5.96. The molecule has 8 nitrogen and oxygen atoms in total. The number of benzene rings is 1. The number of fused-ring (bicyclic) bond motifs is 1. The first-order chi connectivity index (χ1) is 14.2. The van der Waals surface area contributed by atoms with Gasteiger partial charge in [0.05, 0.1) is 32.7 Å². The first-order valence-electron chi connectivity index (χ1n) is 9.11. The molecular weight excluding hydrogens is 372 g/mol. The second kappa shape index (κ2) is 8.14. The Morgan fingerprint density at radius 1 is 1.21 bits per heavy atom. The number of ether oxygens (including phenoxy) is 3. The number of carbonyl (C=O) groups is 1. The van der Waals surface area contributed by atoms with E-state index in [9.17, 15) is 4.79 Å². The summed E-state index contributed by atoms with van der Waals surface area (Å²) >= 11 is 0. The Labute approximate surface area is 167 Å². The first-order valence-corrected chi connectivity index (χ1v) is 9.11. The first kappa shape index (κ1) is 18.7. The zero-order valence-corrected chi connectivity index (χ0v) is 16.1. The zero-order chi connectivity index (χ0) is 20.2. The number of hydrogen-bond donors (Lipinski definition) is 1. The second-order valence-corrected chi connectivity index (χ2v) is 6.48. The van der Waals surface area contributed by atoms with Gasteiger partial charge in [0.25, 0.3) is 5.91 Å². The minimum absolute atomic E-state index is 0.150. The van der Waals surface area contributed by atoms with Crippen molar-refractivity contribution in [2.45, 2.75) is 12.5 Å². The fourth-order valence-corrected chi connectivity index (χ4v) is 3.21. The van der Waals surface area contributed by atoms with E-state index in [0.29, 0.717) is 24.4 Å². The molecular formula is C21H20N4O4. The minimum atomic E-state index is -0.281. The number of carbonyl (C=O) groups excluding carboxylic acids is 1. The van der Waals surface area contributed by atoms with Crippen LogP contribution in [0.15, 0.2) is 48.9 Å². The summed E-state index contributed by atoms with van der Waals surface area (Å²) in [7, 11) is 2.97. The van der Waals surface area contributed by atoms with Crippen molar-refractivity contribution < 1.29 is 19.0 Å². The molecule has 1 unspecified atom stereocenters. The molecule has 3 heterocycles. The molecule has 2 aromatic heterocycles. The number of methoxy groups -OCH3 is 2. The molecule has 1 aliphatic heterocycles. The molecule has 0 bridgehead atoms. The number of hydrogen-bond acceptors (Lipinski definition) is 7. The Morgan fingerprint density at radius 3 is 2.86 bits per heavy atom. The number of amides is 1. The van der Waals surface area contributed by atoms with E-state index < -0.39 is 0 Å². The molecule has 0 radical (unpaired) electrons. The highest BCUT2D eigenvalue weighted by Crippen LogP contribution is 2.32. The molecule has 0 saturated heterocycles. The van der Waals surface area contributed by atoms with Gasteiger partial charge in [0.2, 0.25) is 11.8 Å². The van der Waals surface area contributed by atoms with Gasteiger partial charge in [-0.05, 0) is 29.8 Å². The third-order valence-electron chi connectivity index (χ3n) is 4.63. The standard InChI is InChI=1S/C21H20N4O4/c1-27-19-6-4-16(21(25-19)28-2)20(26)24-11-15-10-14-9-13(3-5-18(14)29-15)17-12-22-7-8-23-17/h3-9,12,15H,10-11H2,1-2H3,(H,24,26). The molecule has 0 fully saturated rings. The molecule has 1 aliphatic rings. The average Bonchev–Trinajstić information content (AvgIpc) is 3.19. The summed E-state index contributed by atoms with van der Waals surface area (Å²) in [5.74, 6) is 1.13. The zero-order valence-electron chi connectivity index (χ0n) is 16.1. The number of aromatic nitrogens is 3. The maximum Gasteiger partial charge on any atom is 0.256 e. The van der Waals surface area contributed by atoms with Crippen LogP contribution in [0.3, 0.4) is 0 Å². The molecule has 0 saturated carbocycles. The molecule has 148 valence electrons. The van der Waals surface area contributed by atoms with Gasteiger partial charge in [0.1, 0.15) is 17.4 Å². The van der Waals surface area contributed by atoms with Crippen LogP contribution in [0.5, 0.6) is 17.5 Å².